The molecular formula is C8H23AlOSi. The molecule has 0 bridgehead atoms. The maximum absolute atomic E-state index is 7.14. The average Bonchev–Trinajstić information content (AvgIpc) is 1.90. The van der Waals surface area contributed by atoms with E-state index in [0.29, 0.717) is 10.5 Å². The molecule has 0 heterocycles. The molecule has 0 saturated carbocycles. The molecule has 11 heavy (non-hydrogen) atoms. The summed E-state index contributed by atoms with van der Waals surface area (Å²) >= 11 is 0.755. The summed E-state index contributed by atoms with van der Waals surface area (Å²) in [5.41, 5.74) is 0. The minimum absolute atomic E-state index is 0. The SMILES string of the molecule is CC(C)[CH2][Al+][CH2]C(C)C.O[SiH3].[H-]. The van der Waals surface area contributed by atoms with Crippen LogP contribution in [0.15, 0.2) is 0 Å². The largest absolute Gasteiger partial charge is 1.00 e. The molecule has 0 aromatic heterocycles. The molecular weight excluding hydrogens is 167 g/mol. The van der Waals surface area contributed by atoms with E-state index in [9.17, 15) is 0 Å². The van der Waals surface area contributed by atoms with Crippen LogP contribution in [0.3, 0.4) is 0 Å². The van der Waals surface area contributed by atoms with E-state index in [0.717, 1.165) is 27.1 Å². The second-order valence-electron chi connectivity index (χ2n) is 3.55. The van der Waals surface area contributed by atoms with Crippen LogP contribution in [-0.4, -0.2) is 30.5 Å². The van der Waals surface area contributed by atoms with Gasteiger partial charge in [-0.15, -0.1) is 0 Å². The first-order valence-corrected chi connectivity index (χ1v) is 6.92. The minimum atomic E-state index is 0. The Balaban J connectivity index is -0.000000249. The molecule has 0 aliphatic rings. The molecule has 3 heteroatoms. The van der Waals surface area contributed by atoms with Crippen molar-refractivity contribution in [3.63, 3.8) is 0 Å². The molecule has 0 rings (SSSR count). The van der Waals surface area contributed by atoms with Gasteiger partial charge in [-0.3, -0.25) is 0 Å². The summed E-state index contributed by atoms with van der Waals surface area (Å²) in [4.78, 5) is 7.14. The van der Waals surface area contributed by atoms with Gasteiger partial charge in [0.2, 0.25) is 0 Å². The first kappa shape index (κ1) is 14.2. The van der Waals surface area contributed by atoms with E-state index in [1.165, 1.54) is 10.6 Å². The Labute approximate surface area is 82.3 Å². The van der Waals surface area contributed by atoms with Gasteiger partial charge in [-0.05, 0) is 0 Å². The van der Waals surface area contributed by atoms with Gasteiger partial charge in [-0.25, -0.2) is 0 Å². The van der Waals surface area contributed by atoms with Crippen LogP contribution in [0.4, 0.5) is 0 Å². The summed E-state index contributed by atoms with van der Waals surface area (Å²) in [5, 5.41) is 2.97. The van der Waals surface area contributed by atoms with Gasteiger partial charge in [0.15, 0.2) is 0 Å². The Bertz CT molecular complexity index is 64.1. The summed E-state index contributed by atoms with van der Waals surface area (Å²) < 4.78 is 0. The molecule has 0 aromatic carbocycles. The van der Waals surface area contributed by atoms with Gasteiger partial charge >= 0.3 is 65.3 Å². The summed E-state index contributed by atoms with van der Waals surface area (Å²) in [6.07, 6.45) is 0. The molecule has 68 valence electrons. The molecule has 0 unspecified atom stereocenters. The summed E-state index contributed by atoms with van der Waals surface area (Å²) in [6.45, 7) is 9.25. The van der Waals surface area contributed by atoms with Crippen molar-refractivity contribution >= 4 is 25.7 Å². The second-order valence-corrected chi connectivity index (χ2v) is 5.07. The fraction of sp³-hybridized carbons (Fsp3) is 1.00. The Morgan fingerprint density at radius 2 is 1.36 bits per heavy atom. The van der Waals surface area contributed by atoms with Gasteiger partial charge in [0.05, 0.1) is 0 Å². The maximum atomic E-state index is 7.14. The van der Waals surface area contributed by atoms with E-state index in [1.54, 1.807) is 0 Å². The van der Waals surface area contributed by atoms with E-state index in [4.69, 9.17) is 4.80 Å². The van der Waals surface area contributed by atoms with Crippen molar-refractivity contribution < 1.29 is 6.22 Å². The fourth-order valence-corrected chi connectivity index (χ4v) is 2.29. The van der Waals surface area contributed by atoms with Crippen molar-refractivity contribution in [1.82, 2.24) is 0 Å². The molecule has 0 aromatic rings. The molecule has 0 fully saturated rings. The minimum Gasteiger partial charge on any atom is -1.00 e. The van der Waals surface area contributed by atoms with E-state index in [2.05, 4.69) is 27.7 Å². The smallest absolute Gasteiger partial charge is 0.141 e. The first-order valence-electron chi connectivity index (χ1n) is 4.39. The molecule has 0 aliphatic heterocycles. The van der Waals surface area contributed by atoms with Crippen molar-refractivity contribution in [3.8, 4) is 0 Å². The van der Waals surface area contributed by atoms with E-state index in [-0.39, 0.29) is 1.43 Å². The normalized spacial score (nSPS) is 9.36. The van der Waals surface area contributed by atoms with Gasteiger partial charge in [-0.1, -0.05) is 0 Å². The van der Waals surface area contributed by atoms with Crippen molar-refractivity contribution in [3.05, 3.63) is 0 Å². The zero-order valence-corrected chi connectivity index (χ0v) is 11.7. The van der Waals surface area contributed by atoms with E-state index >= 15 is 0 Å². The van der Waals surface area contributed by atoms with Crippen LogP contribution in [0.25, 0.3) is 0 Å². The Morgan fingerprint density at radius 3 is 1.55 bits per heavy atom. The molecule has 0 atom stereocenters. The van der Waals surface area contributed by atoms with Gasteiger partial charge < -0.3 is 6.22 Å². The Kier molecular flexibility index (Phi) is 13.9. The Hall–Kier alpha value is 0.709. The Morgan fingerprint density at radius 1 is 1.09 bits per heavy atom. The third-order valence-electron chi connectivity index (χ3n) is 1.28. The van der Waals surface area contributed by atoms with Gasteiger partial charge in [0.1, 0.15) is 10.5 Å². The van der Waals surface area contributed by atoms with Crippen LogP contribution < -0.4 is 0 Å². The predicted octanol–water partition coefficient (Wildman–Crippen LogP) is 1.21. The number of hydrogen-bond donors (Lipinski definition) is 1. The van der Waals surface area contributed by atoms with E-state index in [1.807, 2.05) is 0 Å². The molecule has 0 saturated heterocycles. The monoisotopic (exact) mass is 190 g/mol. The zero-order chi connectivity index (χ0) is 9.28. The summed E-state index contributed by atoms with van der Waals surface area (Å²) in [6, 6.07) is 0. The van der Waals surface area contributed by atoms with Crippen molar-refractivity contribution in [2.75, 3.05) is 0 Å². The van der Waals surface area contributed by atoms with Crippen LogP contribution in [0.2, 0.25) is 10.6 Å². The van der Waals surface area contributed by atoms with Crippen LogP contribution in [0.1, 0.15) is 29.1 Å². The molecule has 1 nitrogen and oxygen atoms in total. The third kappa shape index (κ3) is 18.0. The van der Waals surface area contributed by atoms with Crippen LogP contribution in [-0.2, 0) is 0 Å². The molecule has 0 aliphatic carbocycles. The number of hydrogen-bond acceptors (Lipinski definition) is 1. The van der Waals surface area contributed by atoms with Crippen molar-refractivity contribution in [1.29, 1.82) is 0 Å². The average molecular weight is 190 g/mol. The van der Waals surface area contributed by atoms with Crippen LogP contribution >= 0.6 is 0 Å². The maximum Gasteiger partial charge on any atom is 0.141 e. The van der Waals surface area contributed by atoms with Crippen molar-refractivity contribution in [2.24, 2.45) is 11.8 Å². The van der Waals surface area contributed by atoms with Gasteiger partial charge in [0.25, 0.3) is 0 Å². The van der Waals surface area contributed by atoms with E-state index < -0.39 is 0 Å². The first-order chi connectivity index (χ1) is 5.13. The standard InChI is InChI=1S/2C4H9.Al.H4OSi.H/c2*1-4(2)3;;1-2;/h2*4H,1H2,2-3H3;;1H,2H3;/q;;+1;;-1. The van der Waals surface area contributed by atoms with Crippen LogP contribution in [0, 0.1) is 11.8 Å². The van der Waals surface area contributed by atoms with Crippen LogP contribution in [0.5, 0.6) is 0 Å². The second kappa shape index (κ2) is 10.7. The molecule has 0 radical (unpaired) electrons. The summed E-state index contributed by atoms with van der Waals surface area (Å²) in [7, 11) is 0.306. The zero-order valence-electron chi connectivity index (χ0n) is 9.59. The van der Waals surface area contributed by atoms with Gasteiger partial charge in [-0.2, -0.15) is 0 Å². The van der Waals surface area contributed by atoms with Crippen molar-refractivity contribution in [2.45, 2.75) is 38.3 Å². The molecule has 0 spiro atoms. The quantitative estimate of drug-likeness (QED) is 0.661. The predicted molar refractivity (Wildman–Crippen MR) is 58.3 cm³/mol. The topological polar surface area (TPSA) is 20.2 Å². The number of rotatable bonds is 4. The fourth-order valence-electron chi connectivity index (χ4n) is 0.763. The third-order valence-corrected chi connectivity index (χ3v) is 3.83. The summed E-state index contributed by atoms with van der Waals surface area (Å²) in [5.74, 6) is 1.86. The molecule has 1 N–H and O–H groups in total. The van der Waals surface area contributed by atoms with Gasteiger partial charge in [0, 0.05) is 0 Å². The molecule has 0 amide bonds.